The van der Waals surface area contributed by atoms with Crippen LogP contribution in [0.25, 0.3) is 11.4 Å². The van der Waals surface area contributed by atoms with Gasteiger partial charge in [0.1, 0.15) is 11.6 Å². The molecule has 2 heterocycles. The normalized spacial score (nSPS) is 11.0. The minimum atomic E-state index is -0.414. The Morgan fingerprint density at radius 3 is 1.27 bits per heavy atom. The maximum atomic E-state index is 11.0. The summed E-state index contributed by atoms with van der Waals surface area (Å²) in [6, 6.07) is 32.6. The van der Waals surface area contributed by atoms with Gasteiger partial charge in [0.15, 0.2) is 10.3 Å². The Kier molecular flexibility index (Phi) is 8.94. The average Bonchev–Trinajstić information content (AvgIpc) is 3.67. The third-order valence-electron chi connectivity index (χ3n) is 6.78. The zero-order valence-electron chi connectivity index (χ0n) is 23.5. The monoisotopic (exact) mass is 636 g/mol. The molecular formula is C31H24N8O4S2. The van der Waals surface area contributed by atoms with Crippen molar-refractivity contribution in [3.05, 3.63) is 152 Å². The molecule has 12 nitrogen and oxygen atoms in total. The van der Waals surface area contributed by atoms with E-state index < -0.39 is 9.85 Å². The largest absolute Gasteiger partial charge is 0.274 e. The fourth-order valence-electron chi connectivity index (χ4n) is 4.55. The summed E-state index contributed by atoms with van der Waals surface area (Å²) in [4.78, 5) is 21.3. The van der Waals surface area contributed by atoms with Gasteiger partial charge < -0.3 is 0 Å². The first-order valence-electron chi connectivity index (χ1n) is 13.7. The Hall–Kier alpha value is -5.34. The maximum absolute atomic E-state index is 11.0. The number of para-hydroxylation sites is 2. The molecule has 0 aliphatic heterocycles. The highest BCUT2D eigenvalue weighted by Crippen LogP contribution is 2.30. The highest BCUT2D eigenvalue weighted by atomic mass is 32.2. The van der Waals surface area contributed by atoms with E-state index in [4.69, 9.17) is 0 Å². The quantitative estimate of drug-likeness (QED) is 0.0794. The van der Waals surface area contributed by atoms with Crippen molar-refractivity contribution in [3.63, 3.8) is 0 Å². The van der Waals surface area contributed by atoms with Gasteiger partial charge in [0.2, 0.25) is 0 Å². The van der Waals surface area contributed by atoms with E-state index in [9.17, 15) is 20.2 Å². The van der Waals surface area contributed by atoms with Crippen molar-refractivity contribution in [2.45, 2.75) is 28.2 Å². The summed E-state index contributed by atoms with van der Waals surface area (Å²) < 4.78 is 3.98. The number of nitro groups is 2. The minimum absolute atomic E-state index is 0.0475. The lowest BCUT2D eigenvalue weighted by molar-refractivity contribution is -0.385. The van der Waals surface area contributed by atoms with Crippen molar-refractivity contribution in [1.82, 2.24) is 29.5 Å². The Morgan fingerprint density at radius 2 is 0.911 bits per heavy atom. The van der Waals surface area contributed by atoms with Crippen LogP contribution in [0, 0.1) is 20.2 Å². The van der Waals surface area contributed by atoms with Crippen LogP contribution in [-0.2, 0) is 17.9 Å². The van der Waals surface area contributed by atoms with Gasteiger partial charge in [-0.25, -0.2) is 0 Å². The van der Waals surface area contributed by atoms with E-state index in [0.717, 1.165) is 22.5 Å². The molecule has 0 atom stereocenters. The highest BCUT2D eigenvalue weighted by Gasteiger charge is 2.21. The molecule has 224 valence electrons. The van der Waals surface area contributed by atoms with Gasteiger partial charge in [0.25, 0.3) is 11.4 Å². The second-order valence-electron chi connectivity index (χ2n) is 9.74. The van der Waals surface area contributed by atoms with Crippen LogP contribution in [0.1, 0.15) is 22.8 Å². The van der Waals surface area contributed by atoms with Crippen LogP contribution in [-0.4, -0.2) is 39.4 Å². The molecule has 0 saturated carbocycles. The summed E-state index contributed by atoms with van der Waals surface area (Å²) in [6.45, 7) is 0. The van der Waals surface area contributed by atoms with E-state index in [1.807, 2.05) is 69.8 Å². The summed E-state index contributed by atoms with van der Waals surface area (Å²) in [5.74, 6) is 2.44. The molecule has 2 aromatic heterocycles. The molecule has 0 aliphatic rings. The zero-order valence-corrected chi connectivity index (χ0v) is 25.2. The number of nitrogens with zero attached hydrogens (tertiary/aromatic N) is 8. The lowest BCUT2D eigenvalue weighted by atomic mass is 10.2. The molecule has 0 radical (unpaired) electrons. The topological polar surface area (TPSA) is 148 Å². The number of thioether (sulfide) groups is 2. The number of rotatable bonds is 12. The smallest absolute Gasteiger partial charge is 0.269 e. The predicted octanol–water partition coefficient (Wildman–Crippen LogP) is 6.84. The minimum Gasteiger partial charge on any atom is -0.274 e. The average molecular weight is 637 g/mol. The van der Waals surface area contributed by atoms with Gasteiger partial charge >= 0.3 is 0 Å². The van der Waals surface area contributed by atoms with Crippen LogP contribution in [0.5, 0.6) is 0 Å². The van der Waals surface area contributed by atoms with Gasteiger partial charge in [0.05, 0.1) is 16.3 Å². The van der Waals surface area contributed by atoms with Crippen molar-refractivity contribution < 1.29 is 9.85 Å². The maximum Gasteiger partial charge on any atom is 0.269 e. The Bertz CT molecular complexity index is 1790. The number of benzene rings is 4. The van der Waals surface area contributed by atoms with E-state index in [2.05, 4.69) is 20.4 Å². The van der Waals surface area contributed by atoms with Crippen molar-refractivity contribution in [3.8, 4) is 11.4 Å². The van der Waals surface area contributed by atoms with E-state index >= 15 is 0 Å². The van der Waals surface area contributed by atoms with E-state index in [-0.39, 0.29) is 11.4 Å². The Morgan fingerprint density at radius 1 is 0.533 bits per heavy atom. The molecule has 0 amide bonds. The molecule has 4 aromatic carbocycles. The fraction of sp³-hybridized carbons (Fsp3) is 0.0968. The standard InChI is InChI=1S/C31H24N8O4S2/c40-38(41)26-15-11-22(12-16-26)20-44-30-34-32-28(36(30)24-7-3-1-4-8-24)19-29-33-35-31(37(29)25-9-5-2-6-10-25)45-21-23-13-17-27(18-14-23)39(42)43/h1-18H,19-21H2. The van der Waals surface area contributed by atoms with Crippen molar-refractivity contribution in [2.24, 2.45) is 0 Å². The molecule has 0 N–H and O–H groups in total. The molecule has 0 fully saturated rings. The molecule has 0 spiro atoms. The van der Waals surface area contributed by atoms with Crippen LogP contribution in [0.3, 0.4) is 0 Å². The molecule has 0 bridgehead atoms. The second-order valence-corrected chi connectivity index (χ2v) is 11.6. The number of hydrogen-bond acceptors (Lipinski definition) is 10. The molecule has 14 heteroatoms. The Labute approximate surface area is 265 Å². The van der Waals surface area contributed by atoms with Gasteiger partial charge in [-0.05, 0) is 35.4 Å². The first-order valence-corrected chi connectivity index (χ1v) is 15.6. The van der Waals surface area contributed by atoms with E-state index in [1.165, 1.54) is 47.8 Å². The third-order valence-corrected chi connectivity index (χ3v) is 8.78. The first kappa shape index (κ1) is 29.7. The van der Waals surface area contributed by atoms with Crippen LogP contribution >= 0.6 is 23.5 Å². The number of nitro benzene ring substituents is 2. The van der Waals surface area contributed by atoms with Crippen LogP contribution in [0.15, 0.2) is 120 Å². The van der Waals surface area contributed by atoms with Crippen molar-refractivity contribution in [2.75, 3.05) is 0 Å². The van der Waals surface area contributed by atoms with Crippen LogP contribution in [0.4, 0.5) is 11.4 Å². The molecular weight excluding hydrogens is 613 g/mol. The van der Waals surface area contributed by atoms with E-state index in [0.29, 0.717) is 39.9 Å². The van der Waals surface area contributed by atoms with E-state index in [1.54, 1.807) is 24.3 Å². The van der Waals surface area contributed by atoms with Gasteiger partial charge in [-0.1, -0.05) is 84.2 Å². The van der Waals surface area contributed by atoms with Crippen LogP contribution < -0.4 is 0 Å². The number of aromatic nitrogens is 6. The first-order chi connectivity index (χ1) is 22.0. The molecule has 6 aromatic rings. The second kappa shape index (κ2) is 13.5. The molecule has 0 saturated heterocycles. The number of non-ortho nitro benzene ring substituents is 2. The van der Waals surface area contributed by atoms with Crippen LogP contribution in [0.2, 0.25) is 0 Å². The fourth-order valence-corrected chi connectivity index (χ4v) is 6.41. The SMILES string of the molecule is O=[N+]([O-])c1ccc(CSc2nnc(Cc3nnc(SCc4ccc([N+](=O)[O-])cc4)n3-c3ccccc3)n2-c2ccccc2)cc1. The molecule has 0 aliphatic carbocycles. The van der Waals surface area contributed by atoms with Gasteiger partial charge in [-0.15, -0.1) is 20.4 Å². The molecule has 45 heavy (non-hydrogen) atoms. The zero-order chi connectivity index (χ0) is 31.2. The lowest BCUT2D eigenvalue weighted by Gasteiger charge is -2.12. The summed E-state index contributed by atoms with van der Waals surface area (Å²) in [5, 5.41) is 41.6. The predicted molar refractivity (Wildman–Crippen MR) is 171 cm³/mol. The van der Waals surface area contributed by atoms with Crippen molar-refractivity contribution >= 4 is 34.9 Å². The summed E-state index contributed by atoms with van der Waals surface area (Å²) in [5.41, 5.74) is 3.73. The molecule has 0 unspecified atom stereocenters. The summed E-state index contributed by atoms with van der Waals surface area (Å²) >= 11 is 2.97. The number of hydrogen-bond donors (Lipinski definition) is 0. The Balaban J connectivity index is 1.29. The lowest BCUT2D eigenvalue weighted by Crippen LogP contribution is -2.08. The van der Waals surface area contributed by atoms with Crippen molar-refractivity contribution in [1.29, 1.82) is 0 Å². The third kappa shape index (κ3) is 6.92. The van der Waals surface area contributed by atoms with Gasteiger partial charge in [-0.2, -0.15) is 0 Å². The summed E-state index contributed by atoms with van der Waals surface area (Å²) in [6.07, 6.45) is 0.333. The van der Waals surface area contributed by atoms with Gasteiger partial charge in [-0.3, -0.25) is 29.4 Å². The summed E-state index contributed by atoms with van der Waals surface area (Å²) in [7, 11) is 0. The highest BCUT2D eigenvalue weighted by molar-refractivity contribution is 7.98. The van der Waals surface area contributed by atoms with Gasteiger partial charge in [0, 0.05) is 47.1 Å². The molecule has 6 rings (SSSR count).